The van der Waals surface area contributed by atoms with Crippen LogP contribution in [0.3, 0.4) is 0 Å². The van der Waals surface area contributed by atoms with E-state index in [0.717, 1.165) is 11.3 Å². The molecule has 0 atom stereocenters. The summed E-state index contributed by atoms with van der Waals surface area (Å²) in [6.45, 7) is 0. The van der Waals surface area contributed by atoms with E-state index in [4.69, 9.17) is 14.2 Å². The molecule has 0 aliphatic carbocycles. The molecule has 0 spiro atoms. The van der Waals surface area contributed by atoms with Gasteiger partial charge in [-0.2, -0.15) is 0 Å². The van der Waals surface area contributed by atoms with Crippen LogP contribution >= 0.6 is 0 Å². The van der Waals surface area contributed by atoms with Gasteiger partial charge in [-0.1, -0.05) is 18.2 Å². The zero-order valence-electron chi connectivity index (χ0n) is 12.9. The van der Waals surface area contributed by atoms with Crippen molar-refractivity contribution in [1.82, 2.24) is 0 Å². The van der Waals surface area contributed by atoms with Gasteiger partial charge in [0.05, 0.1) is 27.8 Å². The molecule has 5 nitrogen and oxygen atoms in total. The number of hydrogen-bond acceptors (Lipinski definition) is 4. The minimum Gasteiger partial charge on any atom is -0.493 e. The lowest BCUT2D eigenvalue weighted by molar-refractivity contribution is -0.115. The van der Waals surface area contributed by atoms with Gasteiger partial charge in [0.1, 0.15) is 0 Å². The summed E-state index contributed by atoms with van der Waals surface area (Å²) in [6.07, 6.45) is 0.214. The third-order valence-corrected chi connectivity index (χ3v) is 3.15. The highest BCUT2D eigenvalue weighted by atomic mass is 16.5. The van der Waals surface area contributed by atoms with Crippen LogP contribution in [0.4, 0.5) is 5.69 Å². The normalized spacial score (nSPS) is 9.95. The zero-order valence-corrected chi connectivity index (χ0v) is 12.9. The monoisotopic (exact) mass is 301 g/mol. The molecular formula is C17H19NO4. The van der Waals surface area contributed by atoms with Crippen LogP contribution in [0.1, 0.15) is 5.56 Å². The second kappa shape index (κ2) is 7.36. The number of methoxy groups -OCH3 is 3. The van der Waals surface area contributed by atoms with E-state index in [1.165, 1.54) is 0 Å². The molecular weight excluding hydrogens is 282 g/mol. The number of anilines is 1. The lowest BCUT2D eigenvalue weighted by Gasteiger charge is -2.14. The molecule has 0 fully saturated rings. The van der Waals surface area contributed by atoms with Crippen LogP contribution in [0.2, 0.25) is 0 Å². The summed E-state index contributed by atoms with van der Waals surface area (Å²) in [5, 5.41) is 2.84. The minimum absolute atomic E-state index is 0.111. The molecule has 2 aromatic rings. The van der Waals surface area contributed by atoms with Crippen LogP contribution in [-0.4, -0.2) is 27.2 Å². The van der Waals surface area contributed by atoms with Gasteiger partial charge in [-0.25, -0.2) is 0 Å². The fourth-order valence-corrected chi connectivity index (χ4v) is 2.15. The van der Waals surface area contributed by atoms with Crippen molar-refractivity contribution in [2.24, 2.45) is 0 Å². The quantitative estimate of drug-likeness (QED) is 0.891. The second-order valence-electron chi connectivity index (χ2n) is 4.62. The third kappa shape index (κ3) is 3.69. The number of benzene rings is 2. The number of carbonyl (C=O) groups excluding carboxylic acids is 1. The first-order chi connectivity index (χ1) is 10.7. The maximum Gasteiger partial charge on any atom is 0.228 e. The maximum absolute atomic E-state index is 12.1. The first kappa shape index (κ1) is 15.7. The standard InChI is InChI=1S/C17H19NO4/c1-20-14-9-12(10-15(21-2)17(14)22-3)11-16(19)18-13-7-5-4-6-8-13/h4-10H,11H2,1-3H3,(H,18,19). The highest BCUT2D eigenvalue weighted by Crippen LogP contribution is 2.38. The highest BCUT2D eigenvalue weighted by Gasteiger charge is 2.14. The Kier molecular flexibility index (Phi) is 5.25. The van der Waals surface area contributed by atoms with Gasteiger partial charge >= 0.3 is 0 Å². The summed E-state index contributed by atoms with van der Waals surface area (Å²) < 4.78 is 15.8. The number of nitrogens with one attached hydrogen (secondary N) is 1. The largest absolute Gasteiger partial charge is 0.493 e. The fraction of sp³-hybridized carbons (Fsp3) is 0.235. The molecule has 22 heavy (non-hydrogen) atoms. The molecule has 0 aliphatic rings. The van der Waals surface area contributed by atoms with E-state index in [-0.39, 0.29) is 12.3 Å². The van der Waals surface area contributed by atoms with E-state index in [1.54, 1.807) is 33.5 Å². The predicted molar refractivity (Wildman–Crippen MR) is 84.9 cm³/mol. The van der Waals surface area contributed by atoms with Crippen molar-refractivity contribution in [2.45, 2.75) is 6.42 Å². The van der Waals surface area contributed by atoms with E-state index < -0.39 is 0 Å². The molecule has 1 N–H and O–H groups in total. The van der Waals surface area contributed by atoms with Gasteiger partial charge in [-0.15, -0.1) is 0 Å². The molecule has 0 bridgehead atoms. The third-order valence-electron chi connectivity index (χ3n) is 3.15. The number of carbonyl (C=O) groups is 1. The van der Waals surface area contributed by atoms with Gasteiger partial charge in [0.2, 0.25) is 11.7 Å². The van der Waals surface area contributed by atoms with Crippen molar-refractivity contribution in [1.29, 1.82) is 0 Å². The summed E-state index contributed by atoms with van der Waals surface area (Å²) in [7, 11) is 4.64. The summed E-state index contributed by atoms with van der Waals surface area (Å²) in [6, 6.07) is 12.9. The van der Waals surface area contributed by atoms with Crippen LogP contribution in [0.5, 0.6) is 17.2 Å². The van der Waals surface area contributed by atoms with Crippen LogP contribution in [-0.2, 0) is 11.2 Å². The fourth-order valence-electron chi connectivity index (χ4n) is 2.15. The molecule has 1 amide bonds. The van der Waals surface area contributed by atoms with Gasteiger partial charge in [0.25, 0.3) is 0 Å². The van der Waals surface area contributed by atoms with Gasteiger partial charge in [-0.05, 0) is 29.8 Å². The Morgan fingerprint density at radius 1 is 0.955 bits per heavy atom. The van der Waals surface area contributed by atoms with Crippen molar-refractivity contribution in [3.8, 4) is 17.2 Å². The van der Waals surface area contributed by atoms with Crippen LogP contribution in [0, 0.1) is 0 Å². The number of hydrogen-bond donors (Lipinski definition) is 1. The molecule has 0 saturated heterocycles. The number of para-hydroxylation sites is 1. The molecule has 0 heterocycles. The second-order valence-corrected chi connectivity index (χ2v) is 4.62. The van der Waals surface area contributed by atoms with Gasteiger partial charge in [0, 0.05) is 5.69 Å². The Morgan fingerprint density at radius 3 is 2.05 bits per heavy atom. The summed E-state index contributed by atoms with van der Waals surface area (Å²) in [4.78, 5) is 12.1. The van der Waals surface area contributed by atoms with Crippen molar-refractivity contribution in [3.63, 3.8) is 0 Å². The van der Waals surface area contributed by atoms with E-state index in [1.807, 2.05) is 30.3 Å². The van der Waals surface area contributed by atoms with E-state index in [0.29, 0.717) is 17.2 Å². The topological polar surface area (TPSA) is 56.8 Å². The van der Waals surface area contributed by atoms with Crippen molar-refractivity contribution >= 4 is 11.6 Å². The Balaban J connectivity index is 2.17. The molecule has 0 saturated carbocycles. The predicted octanol–water partition coefficient (Wildman–Crippen LogP) is 2.89. The SMILES string of the molecule is COc1cc(CC(=O)Nc2ccccc2)cc(OC)c1OC. The smallest absolute Gasteiger partial charge is 0.228 e. The summed E-state index contributed by atoms with van der Waals surface area (Å²) in [5.74, 6) is 1.46. The molecule has 0 unspecified atom stereocenters. The lowest BCUT2D eigenvalue weighted by Crippen LogP contribution is -2.14. The minimum atomic E-state index is -0.111. The van der Waals surface area contributed by atoms with Crippen molar-refractivity contribution < 1.29 is 19.0 Å². The van der Waals surface area contributed by atoms with Crippen LogP contribution in [0.15, 0.2) is 42.5 Å². The number of ether oxygens (including phenoxy) is 3. The van der Waals surface area contributed by atoms with Crippen molar-refractivity contribution in [3.05, 3.63) is 48.0 Å². The van der Waals surface area contributed by atoms with Crippen molar-refractivity contribution in [2.75, 3.05) is 26.6 Å². The van der Waals surface area contributed by atoms with E-state index in [9.17, 15) is 4.79 Å². The van der Waals surface area contributed by atoms with Crippen LogP contribution < -0.4 is 19.5 Å². The number of amides is 1. The Hall–Kier alpha value is -2.69. The first-order valence-corrected chi connectivity index (χ1v) is 6.81. The van der Waals surface area contributed by atoms with Gasteiger partial charge in [0.15, 0.2) is 11.5 Å². The summed E-state index contributed by atoms with van der Waals surface area (Å²) in [5.41, 5.74) is 1.54. The molecule has 116 valence electrons. The van der Waals surface area contributed by atoms with E-state index >= 15 is 0 Å². The average molecular weight is 301 g/mol. The average Bonchev–Trinajstić information content (AvgIpc) is 2.54. The Labute approximate surface area is 129 Å². The summed E-state index contributed by atoms with van der Waals surface area (Å²) >= 11 is 0. The molecule has 0 radical (unpaired) electrons. The molecule has 0 aromatic heterocycles. The maximum atomic E-state index is 12.1. The molecule has 2 aromatic carbocycles. The van der Waals surface area contributed by atoms with Gasteiger partial charge < -0.3 is 19.5 Å². The highest BCUT2D eigenvalue weighted by molar-refractivity contribution is 5.92. The lowest BCUT2D eigenvalue weighted by atomic mass is 10.1. The van der Waals surface area contributed by atoms with Crippen LogP contribution in [0.25, 0.3) is 0 Å². The van der Waals surface area contributed by atoms with Gasteiger partial charge in [-0.3, -0.25) is 4.79 Å². The van der Waals surface area contributed by atoms with E-state index in [2.05, 4.69) is 5.32 Å². The number of rotatable bonds is 6. The Bertz CT molecular complexity index is 615. The Morgan fingerprint density at radius 2 is 1.55 bits per heavy atom. The molecule has 0 aliphatic heterocycles. The molecule has 5 heteroatoms. The zero-order chi connectivity index (χ0) is 15.9. The molecule has 2 rings (SSSR count). The first-order valence-electron chi connectivity index (χ1n) is 6.81.